The van der Waals surface area contributed by atoms with Crippen LogP contribution in [0.1, 0.15) is 26.3 Å². The first kappa shape index (κ1) is 16.9. The lowest BCUT2D eigenvalue weighted by atomic mass is 10.1. The molecule has 0 aliphatic heterocycles. The Morgan fingerprint density at radius 3 is 2.17 bits per heavy atom. The number of hydrogen-bond donors (Lipinski definition) is 1. The molecule has 120 valence electrons. The Balaban J connectivity index is 2.41. The highest BCUT2D eigenvalue weighted by Gasteiger charge is 2.17. The zero-order valence-electron chi connectivity index (χ0n) is 13.1. The van der Waals surface area contributed by atoms with Crippen molar-refractivity contribution < 1.29 is 19.1 Å². The summed E-state index contributed by atoms with van der Waals surface area (Å²) < 4.78 is 9.52. The number of ether oxygens (including phenoxy) is 2. The third-order valence-electron chi connectivity index (χ3n) is 3.39. The van der Waals surface area contributed by atoms with Gasteiger partial charge in [-0.25, -0.2) is 9.59 Å². The van der Waals surface area contributed by atoms with Gasteiger partial charge in [0.15, 0.2) is 0 Å². The van der Waals surface area contributed by atoms with Crippen LogP contribution in [0.3, 0.4) is 0 Å². The van der Waals surface area contributed by atoms with Crippen LogP contribution in [0.2, 0.25) is 0 Å². The number of rotatable bonds is 4. The van der Waals surface area contributed by atoms with Crippen molar-refractivity contribution in [2.24, 2.45) is 0 Å². The lowest BCUT2D eigenvalue weighted by Crippen LogP contribution is -2.07. The van der Waals surface area contributed by atoms with E-state index in [9.17, 15) is 9.59 Å². The summed E-state index contributed by atoms with van der Waals surface area (Å²) in [5.74, 6) is -0.838. The summed E-state index contributed by atoms with van der Waals surface area (Å²) in [5.41, 5.74) is 8.17. The number of anilines is 1. The molecule has 2 aromatic rings. The number of carbonyl (C=O) groups excluding carboxylic acids is 2. The van der Waals surface area contributed by atoms with Gasteiger partial charge in [-0.1, -0.05) is 23.9 Å². The van der Waals surface area contributed by atoms with Crippen molar-refractivity contribution in [1.29, 1.82) is 0 Å². The van der Waals surface area contributed by atoms with Crippen molar-refractivity contribution in [2.45, 2.75) is 16.7 Å². The van der Waals surface area contributed by atoms with Gasteiger partial charge < -0.3 is 15.2 Å². The monoisotopic (exact) mass is 331 g/mol. The van der Waals surface area contributed by atoms with E-state index in [0.29, 0.717) is 22.4 Å². The molecule has 2 aromatic carbocycles. The van der Waals surface area contributed by atoms with Gasteiger partial charge in [0.1, 0.15) is 0 Å². The maximum Gasteiger partial charge on any atom is 0.339 e. The molecule has 23 heavy (non-hydrogen) atoms. The van der Waals surface area contributed by atoms with E-state index in [4.69, 9.17) is 15.2 Å². The topological polar surface area (TPSA) is 78.6 Å². The van der Waals surface area contributed by atoms with Crippen molar-refractivity contribution in [3.8, 4) is 0 Å². The molecule has 5 nitrogen and oxygen atoms in total. The van der Waals surface area contributed by atoms with E-state index < -0.39 is 11.9 Å². The number of carbonyl (C=O) groups is 2. The van der Waals surface area contributed by atoms with Gasteiger partial charge in [0.2, 0.25) is 0 Å². The zero-order chi connectivity index (χ0) is 17.0. The highest BCUT2D eigenvalue weighted by molar-refractivity contribution is 7.99. The van der Waals surface area contributed by atoms with Crippen LogP contribution in [-0.2, 0) is 9.47 Å². The van der Waals surface area contributed by atoms with E-state index >= 15 is 0 Å². The summed E-state index contributed by atoms with van der Waals surface area (Å²) in [6.45, 7) is 1.76. The van der Waals surface area contributed by atoms with Crippen LogP contribution in [0.15, 0.2) is 46.2 Å². The molecule has 0 heterocycles. The highest BCUT2D eigenvalue weighted by atomic mass is 32.2. The van der Waals surface area contributed by atoms with Crippen LogP contribution in [0.25, 0.3) is 0 Å². The van der Waals surface area contributed by atoms with Crippen LogP contribution < -0.4 is 5.73 Å². The average molecular weight is 331 g/mol. The number of nitrogen functional groups attached to an aromatic ring is 1. The smallest absolute Gasteiger partial charge is 0.339 e. The molecular weight excluding hydrogens is 314 g/mol. The molecule has 0 aliphatic carbocycles. The van der Waals surface area contributed by atoms with Crippen LogP contribution in [0.5, 0.6) is 0 Å². The minimum atomic E-state index is -0.430. The molecule has 0 amide bonds. The quantitative estimate of drug-likeness (QED) is 0.684. The summed E-state index contributed by atoms with van der Waals surface area (Å²) in [4.78, 5) is 25.0. The molecular formula is C17H17NO4S. The highest BCUT2D eigenvalue weighted by Crippen LogP contribution is 2.36. The van der Waals surface area contributed by atoms with Gasteiger partial charge in [-0.2, -0.15) is 0 Å². The zero-order valence-corrected chi connectivity index (χ0v) is 13.9. The maximum atomic E-state index is 11.8. The van der Waals surface area contributed by atoms with Crippen LogP contribution >= 0.6 is 11.8 Å². The van der Waals surface area contributed by atoms with Crippen LogP contribution in [-0.4, -0.2) is 26.2 Å². The summed E-state index contributed by atoms with van der Waals surface area (Å²) in [5, 5.41) is 0. The van der Waals surface area contributed by atoms with E-state index in [1.165, 1.54) is 26.0 Å². The number of benzene rings is 2. The Labute approximate surface area is 138 Å². The molecule has 0 aromatic heterocycles. The van der Waals surface area contributed by atoms with Gasteiger partial charge >= 0.3 is 11.9 Å². The summed E-state index contributed by atoms with van der Waals surface area (Å²) in [6.07, 6.45) is 0. The first-order valence-corrected chi connectivity index (χ1v) is 7.63. The summed E-state index contributed by atoms with van der Waals surface area (Å²) >= 11 is 1.35. The van der Waals surface area contributed by atoms with Gasteiger partial charge in [-0.3, -0.25) is 0 Å². The molecule has 0 spiro atoms. The van der Waals surface area contributed by atoms with Crippen molar-refractivity contribution in [3.05, 3.63) is 53.1 Å². The maximum absolute atomic E-state index is 11.8. The van der Waals surface area contributed by atoms with Gasteiger partial charge in [-0.15, -0.1) is 0 Å². The van der Waals surface area contributed by atoms with Crippen molar-refractivity contribution in [3.63, 3.8) is 0 Å². The van der Waals surface area contributed by atoms with Gasteiger partial charge in [0, 0.05) is 15.5 Å². The molecule has 2 rings (SSSR count). The standard InChI is InChI=1S/C17H17NO4S/c1-10-11(16(19)21-2)8-9-14(15(10)18)23-13-7-5-4-6-12(13)17(20)22-3/h4-9H,18H2,1-3H3. The van der Waals surface area contributed by atoms with E-state index in [0.717, 1.165) is 9.79 Å². The first-order valence-electron chi connectivity index (χ1n) is 6.82. The fourth-order valence-electron chi connectivity index (χ4n) is 2.08. The lowest BCUT2D eigenvalue weighted by molar-refractivity contribution is 0.0589. The molecule has 0 saturated heterocycles. The molecule has 0 saturated carbocycles. The largest absolute Gasteiger partial charge is 0.465 e. The fraction of sp³-hybridized carbons (Fsp3) is 0.176. The van der Waals surface area contributed by atoms with E-state index in [1.807, 2.05) is 12.1 Å². The predicted molar refractivity (Wildman–Crippen MR) is 88.8 cm³/mol. The predicted octanol–water partition coefficient (Wildman–Crippen LogP) is 3.30. The first-order chi connectivity index (χ1) is 11.0. The number of methoxy groups -OCH3 is 2. The third-order valence-corrected chi connectivity index (χ3v) is 4.54. The molecule has 0 fully saturated rings. The molecule has 0 radical (unpaired) electrons. The fourth-order valence-corrected chi connectivity index (χ4v) is 3.12. The van der Waals surface area contributed by atoms with E-state index in [2.05, 4.69) is 0 Å². The second-order valence-electron chi connectivity index (χ2n) is 4.73. The van der Waals surface area contributed by atoms with Gasteiger partial charge in [-0.05, 0) is 36.8 Å². The summed E-state index contributed by atoms with van der Waals surface area (Å²) in [7, 11) is 2.67. The van der Waals surface area contributed by atoms with Crippen molar-refractivity contribution in [1.82, 2.24) is 0 Å². The van der Waals surface area contributed by atoms with Gasteiger partial charge in [0.05, 0.1) is 25.3 Å². The van der Waals surface area contributed by atoms with Crippen molar-refractivity contribution in [2.75, 3.05) is 20.0 Å². The number of esters is 2. The molecule has 6 heteroatoms. The minimum absolute atomic E-state index is 0.408. The lowest BCUT2D eigenvalue weighted by Gasteiger charge is -2.13. The Bertz CT molecular complexity index is 758. The van der Waals surface area contributed by atoms with Crippen molar-refractivity contribution >= 4 is 29.4 Å². The molecule has 0 bridgehead atoms. The average Bonchev–Trinajstić information content (AvgIpc) is 2.58. The molecule has 2 N–H and O–H groups in total. The Morgan fingerprint density at radius 2 is 1.52 bits per heavy atom. The molecule has 0 unspecified atom stereocenters. The molecule has 0 aliphatic rings. The Kier molecular flexibility index (Phi) is 5.28. The van der Waals surface area contributed by atoms with Gasteiger partial charge in [0.25, 0.3) is 0 Å². The van der Waals surface area contributed by atoms with Crippen LogP contribution in [0, 0.1) is 6.92 Å². The normalized spacial score (nSPS) is 10.2. The second kappa shape index (κ2) is 7.19. The van der Waals surface area contributed by atoms with E-state index in [1.54, 1.807) is 31.2 Å². The third kappa shape index (κ3) is 3.48. The SMILES string of the molecule is COC(=O)c1ccccc1Sc1ccc(C(=O)OC)c(C)c1N. The van der Waals surface area contributed by atoms with E-state index in [-0.39, 0.29) is 0 Å². The molecule has 0 atom stereocenters. The Hall–Kier alpha value is -2.47. The summed E-state index contributed by atoms with van der Waals surface area (Å²) in [6, 6.07) is 10.5. The number of nitrogens with two attached hydrogens (primary N) is 1. The van der Waals surface area contributed by atoms with Crippen LogP contribution in [0.4, 0.5) is 5.69 Å². The Morgan fingerprint density at radius 1 is 0.913 bits per heavy atom. The number of hydrogen-bond acceptors (Lipinski definition) is 6. The minimum Gasteiger partial charge on any atom is -0.465 e. The second-order valence-corrected chi connectivity index (χ2v) is 5.82.